The largest absolute Gasteiger partial charge is 0.478 e. The standard InChI is InChI=1S/C10H15NO3/c1-10(2,3)11-5-8-4-7(6-14-8)9(12)13/h4,6,11H,5H2,1-3H3,(H,12,13). The molecule has 78 valence electrons. The molecule has 0 fully saturated rings. The van der Waals surface area contributed by atoms with Crippen molar-refractivity contribution in [1.29, 1.82) is 0 Å². The molecule has 0 atom stereocenters. The van der Waals surface area contributed by atoms with Crippen molar-refractivity contribution < 1.29 is 14.3 Å². The van der Waals surface area contributed by atoms with Gasteiger partial charge < -0.3 is 14.8 Å². The average Bonchev–Trinajstić information content (AvgIpc) is 2.47. The summed E-state index contributed by atoms with van der Waals surface area (Å²) in [4.78, 5) is 10.5. The van der Waals surface area contributed by atoms with Gasteiger partial charge in [-0.2, -0.15) is 0 Å². The summed E-state index contributed by atoms with van der Waals surface area (Å²) in [5.41, 5.74) is 0.187. The number of nitrogens with one attached hydrogen (secondary N) is 1. The van der Waals surface area contributed by atoms with Crippen molar-refractivity contribution in [3.8, 4) is 0 Å². The minimum absolute atomic E-state index is 0.00379. The second-order valence-electron chi connectivity index (χ2n) is 4.21. The molecule has 0 radical (unpaired) electrons. The predicted molar refractivity (Wildman–Crippen MR) is 52.3 cm³/mol. The topological polar surface area (TPSA) is 62.5 Å². The maximum Gasteiger partial charge on any atom is 0.338 e. The van der Waals surface area contributed by atoms with Crippen LogP contribution in [0, 0.1) is 0 Å². The number of carbonyl (C=O) groups is 1. The molecule has 0 bridgehead atoms. The number of hydrogen-bond donors (Lipinski definition) is 2. The molecule has 0 saturated heterocycles. The summed E-state index contributed by atoms with van der Waals surface area (Å²) in [6.45, 7) is 6.65. The highest BCUT2D eigenvalue weighted by molar-refractivity contribution is 5.87. The SMILES string of the molecule is CC(C)(C)NCc1cc(C(=O)O)co1. The van der Waals surface area contributed by atoms with E-state index in [4.69, 9.17) is 9.52 Å². The van der Waals surface area contributed by atoms with Crippen molar-refractivity contribution in [1.82, 2.24) is 5.32 Å². The molecule has 0 aliphatic carbocycles. The number of carboxylic acids is 1. The van der Waals surface area contributed by atoms with Crippen LogP contribution in [0.2, 0.25) is 0 Å². The van der Waals surface area contributed by atoms with Gasteiger partial charge in [0.2, 0.25) is 0 Å². The molecule has 1 heterocycles. The number of furan rings is 1. The van der Waals surface area contributed by atoms with E-state index in [0.29, 0.717) is 12.3 Å². The Kier molecular flexibility index (Phi) is 2.96. The minimum Gasteiger partial charge on any atom is -0.478 e. The number of carboxylic acid groups (broad SMARTS) is 1. The summed E-state index contributed by atoms with van der Waals surface area (Å²) in [7, 11) is 0. The predicted octanol–water partition coefficient (Wildman–Crippen LogP) is 1.87. The van der Waals surface area contributed by atoms with Gasteiger partial charge in [-0.1, -0.05) is 0 Å². The fourth-order valence-corrected chi connectivity index (χ4v) is 0.938. The molecule has 1 rings (SSSR count). The van der Waals surface area contributed by atoms with E-state index in [2.05, 4.69) is 5.32 Å². The smallest absolute Gasteiger partial charge is 0.338 e. The van der Waals surface area contributed by atoms with E-state index in [1.807, 2.05) is 20.8 Å². The molecule has 0 amide bonds. The lowest BCUT2D eigenvalue weighted by Gasteiger charge is -2.19. The molecule has 0 spiro atoms. The molecule has 14 heavy (non-hydrogen) atoms. The van der Waals surface area contributed by atoms with Gasteiger partial charge in [-0.25, -0.2) is 4.79 Å². The molecule has 4 heteroatoms. The van der Waals surface area contributed by atoms with Crippen LogP contribution in [0.1, 0.15) is 36.9 Å². The van der Waals surface area contributed by atoms with Crippen LogP contribution < -0.4 is 5.32 Å². The summed E-state index contributed by atoms with van der Waals surface area (Å²) in [6, 6.07) is 1.53. The molecule has 0 aliphatic rings. The molecule has 0 aromatic carbocycles. The Balaban J connectivity index is 2.56. The summed E-state index contributed by atoms with van der Waals surface area (Å²) in [6.07, 6.45) is 1.25. The number of rotatable bonds is 3. The van der Waals surface area contributed by atoms with Crippen LogP contribution >= 0.6 is 0 Å². The monoisotopic (exact) mass is 197 g/mol. The van der Waals surface area contributed by atoms with Gasteiger partial charge in [0, 0.05) is 5.54 Å². The van der Waals surface area contributed by atoms with Crippen molar-refractivity contribution in [2.24, 2.45) is 0 Å². The lowest BCUT2D eigenvalue weighted by molar-refractivity contribution is 0.0696. The van der Waals surface area contributed by atoms with Gasteiger partial charge in [0.05, 0.1) is 12.1 Å². The maximum atomic E-state index is 10.5. The zero-order valence-corrected chi connectivity index (χ0v) is 8.63. The average molecular weight is 197 g/mol. The first kappa shape index (κ1) is 10.8. The van der Waals surface area contributed by atoms with E-state index >= 15 is 0 Å². The first-order valence-corrected chi connectivity index (χ1v) is 4.44. The molecular formula is C10H15NO3. The van der Waals surface area contributed by atoms with Crippen molar-refractivity contribution >= 4 is 5.97 Å². The summed E-state index contributed by atoms with van der Waals surface area (Å²) >= 11 is 0. The van der Waals surface area contributed by atoms with Crippen LogP contribution in [0.3, 0.4) is 0 Å². The molecule has 0 aliphatic heterocycles. The van der Waals surface area contributed by atoms with E-state index in [0.717, 1.165) is 0 Å². The van der Waals surface area contributed by atoms with Crippen LogP contribution in [-0.2, 0) is 6.54 Å². The van der Waals surface area contributed by atoms with Crippen LogP contribution in [0.5, 0.6) is 0 Å². The van der Waals surface area contributed by atoms with Gasteiger partial charge in [-0.05, 0) is 26.8 Å². The Morgan fingerprint density at radius 2 is 2.21 bits per heavy atom. The van der Waals surface area contributed by atoms with Crippen LogP contribution in [0.25, 0.3) is 0 Å². The summed E-state index contributed by atoms with van der Waals surface area (Å²) in [5, 5.41) is 11.8. The Labute approximate surface area is 82.9 Å². The van der Waals surface area contributed by atoms with Crippen molar-refractivity contribution in [3.05, 3.63) is 23.7 Å². The van der Waals surface area contributed by atoms with E-state index in [9.17, 15) is 4.79 Å². The molecule has 0 unspecified atom stereocenters. The van der Waals surface area contributed by atoms with Gasteiger partial charge in [-0.3, -0.25) is 0 Å². The molecule has 1 aromatic heterocycles. The molecule has 1 aromatic rings. The summed E-state index contributed by atoms with van der Waals surface area (Å²) in [5.74, 6) is -0.326. The second kappa shape index (κ2) is 3.84. The zero-order valence-electron chi connectivity index (χ0n) is 8.63. The first-order chi connectivity index (χ1) is 6.38. The Morgan fingerprint density at radius 3 is 2.64 bits per heavy atom. The van der Waals surface area contributed by atoms with Gasteiger partial charge >= 0.3 is 5.97 Å². The van der Waals surface area contributed by atoms with Crippen LogP contribution in [0.15, 0.2) is 16.7 Å². The third kappa shape index (κ3) is 3.22. The lowest BCUT2D eigenvalue weighted by Crippen LogP contribution is -2.34. The highest BCUT2D eigenvalue weighted by Crippen LogP contribution is 2.09. The Morgan fingerprint density at radius 1 is 1.57 bits per heavy atom. The highest BCUT2D eigenvalue weighted by atomic mass is 16.4. The van der Waals surface area contributed by atoms with E-state index in [1.54, 1.807) is 0 Å². The number of aromatic carboxylic acids is 1. The van der Waals surface area contributed by atoms with E-state index in [1.165, 1.54) is 12.3 Å². The molecule has 0 saturated carbocycles. The van der Waals surface area contributed by atoms with Gasteiger partial charge in [0.25, 0.3) is 0 Å². The fraction of sp³-hybridized carbons (Fsp3) is 0.500. The Bertz CT molecular complexity index is 322. The van der Waals surface area contributed by atoms with Crippen molar-refractivity contribution in [2.45, 2.75) is 32.9 Å². The third-order valence-corrected chi connectivity index (χ3v) is 1.69. The maximum absolute atomic E-state index is 10.5. The van der Waals surface area contributed by atoms with Crippen molar-refractivity contribution in [3.63, 3.8) is 0 Å². The van der Waals surface area contributed by atoms with Gasteiger partial charge in [-0.15, -0.1) is 0 Å². The molecule has 2 N–H and O–H groups in total. The van der Waals surface area contributed by atoms with E-state index < -0.39 is 5.97 Å². The first-order valence-electron chi connectivity index (χ1n) is 4.44. The minimum atomic E-state index is -0.962. The van der Waals surface area contributed by atoms with E-state index in [-0.39, 0.29) is 11.1 Å². The van der Waals surface area contributed by atoms with Gasteiger partial charge in [0.1, 0.15) is 12.0 Å². The lowest BCUT2D eigenvalue weighted by atomic mass is 10.1. The number of hydrogen-bond acceptors (Lipinski definition) is 3. The quantitative estimate of drug-likeness (QED) is 0.776. The molecular weight excluding hydrogens is 182 g/mol. The van der Waals surface area contributed by atoms with Gasteiger partial charge in [0.15, 0.2) is 0 Å². The normalized spacial score (nSPS) is 11.6. The third-order valence-electron chi connectivity index (χ3n) is 1.69. The van der Waals surface area contributed by atoms with Crippen molar-refractivity contribution in [2.75, 3.05) is 0 Å². The Hall–Kier alpha value is -1.29. The molecule has 4 nitrogen and oxygen atoms in total. The summed E-state index contributed by atoms with van der Waals surface area (Å²) < 4.78 is 5.08. The highest BCUT2D eigenvalue weighted by Gasteiger charge is 2.12. The van der Waals surface area contributed by atoms with Crippen LogP contribution in [-0.4, -0.2) is 16.6 Å². The van der Waals surface area contributed by atoms with Crippen LogP contribution in [0.4, 0.5) is 0 Å². The fourth-order valence-electron chi connectivity index (χ4n) is 0.938. The second-order valence-corrected chi connectivity index (χ2v) is 4.21. The zero-order chi connectivity index (χ0) is 10.8.